The van der Waals surface area contributed by atoms with Crippen molar-refractivity contribution >= 4 is 33.3 Å². The molecule has 0 radical (unpaired) electrons. The van der Waals surface area contributed by atoms with Gasteiger partial charge in [-0.2, -0.15) is 0 Å². The quantitative estimate of drug-likeness (QED) is 0.380. The third-order valence-electron chi connectivity index (χ3n) is 2.29. The van der Waals surface area contributed by atoms with E-state index in [2.05, 4.69) is 9.97 Å². The van der Waals surface area contributed by atoms with Crippen LogP contribution in [0.3, 0.4) is 0 Å². The Morgan fingerprint density at radius 2 is 2.29 bits per heavy atom. The first-order valence-electron chi connectivity index (χ1n) is 5.05. The molecule has 6 heteroatoms. The normalized spacial score (nSPS) is 11.2. The maximum atomic E-state index is 11.7. The Morgan fingerprint density at radius 3 is 3.00 bits per heavy atom. The van der Waals surface area contributed by atoms with Crippen LogP contribution in [0.1, 0.15) is 12.5 Å². The average Bonchev–Trinajstić information content (AvgIpc) is 2.71. The zero-order chi connectivity index (χ0) is 12.4. The summed E-state index contributed by atoms with van der Waals surface area (Å²) in [5, 5.41) is 3.01. The summed E-state index contributed by atoms with van der Waals surface area (Å²) >= 11 is 1.48. The summed E-state index contributed by atoms with van der Waals surface area (Å²) in [4.78, 5) is 19.9. The largest absolute Gasteiger partial charge is 0.268 e. The molecule has 0 atom stereocenters. The van der Waals surface area contributed by atoms with E-state index in [9.17, 15) is 4.79 Å². The SMILES string of the molecule is C/C=C/C(=O)N(N)c1ncnc2c(C)csc12. The van der Waals surface area contributed by atoms with Crippen LogP contribution < -0.4 is 10.9 Å². The summed E-state index contributed by atoms with van der Waals surface area (Å²) in [5.74, 6) is 5.88. The first-order chi connectivity index (χ1) is 8.15. The van der Waals surface area contributed by atoms with Gasteiger partial charge >= 0.3 is 0 Å². The Balaban J connectivity index is 2.52. The van der Waals surface area contributed by atoms with Gasteiger partial charge in [-0.05, 0) is 24.8 Å². The van der Waals surface area contributed by atoms with E-state index in [4.69, 9.17) is 5.84 Å². The zero-order valence-electron chi connectivity index (χ0n) is 9.54. The Kier molecular flexibility index (Phi) is 3.16. The lowest BCUT2D eigenvalue weighted by molar-refractivity contribution is -0.114. The van der Waals surface area contributed by atoms with E-state index in [1.807, 2.05) is 12.3 Å². The van der Waals surface area contributed by atoms with Crippen molar-refractivity contribution in [1.29, 1.82) is 0 Å². The lowest BCUT2D eigenvalue weighted by Gasteiger charge is -2.13. The smallest absolute Gasteiger partial charge is 0.266 e. The number of hydrazine groups is 1. The number of hydrogen-bond donors (Lipinski definition) is 1. The van der Waals surface area contributed by atoms with Gasteiger partial charge in [0.15, 0.2) is 5.82 Å². The molecule has 0 aromatic carbocycles. The fraction of sp³-hybridized carbons (Fsp3) is 0.182. The first-order valence-corrected chi connectivity index (χ1v) is 5.93. The van der Waals surface area contributed by atoms with E-state index >= 15 is 0 Å². The third kappa shape index (κ3) is 2.04. The minimum atomic E-state index is -0.307. The molecule has 1 amide bonds. The van der Waals surface area contributed by atoms with Crippen molar-refractivity contribution in [2.75, 3.05) is 5.01 Å². The second-order valence-corrected chi connectivity index (χ2v) is 4.38. The number of aromatic nitrogens is 2. The molecular weight excluding hydrogens is 236 g/mol. The van der Waals surface area contributed by atoms with Gasteiger partial charge in [-0.15, -0.1) is 11.3 Å². The average molecular weight is 248 g/mol. The molecule has 0 fully saturated rings. The topological polar surface area (TPSA) is 72.1 Å². The van der Waals surface area contributed by atoms with Crippen molar-refractivity contribution in [1.82, 2.24) is 9.97 Å². The van der Waals surface area contributed by atoms with E-state index in [0.29, 0.717) is 5.82 Å². The lowest BCUT2D eigenvalue weighted by Crippen LogP contribution is -2.36. The summed E-state index contributed by atoms with van der Waals surface area (Å²) in [6.07, 6.45) is 4.45. The number of anilines is 1. The number of allylic oxidation sites excluding steroid dienone is 1. The van der Waals surface area contributed by atoms with Gasteiger partial charge in [-0.25, -0.2) is 20.8 Å². The van der Waals surface area contributed by atoms with Crippen LogP contribution in [0, 0.1) is 6.92 Å². The van der Waals surface area contributed by atoms with Crippen LogP contribution in [-0.4, -0.2) is 15.9 Å². The van der Waals surface area contributed by atoms with Gasteiger partial charge in [0, 0.05) is 6.08 Å². The summed E-state index contributed by atoms with van der Waals surface area (Å²) in [5.41, 5.74) is 1.89. The molecule has 0 aliphatic rings. The Bertz CT molecular complexity index is 590. The molecule has 0 aliphatic carbocycles. The Hall–Kier alpha value is -1.79. The summed E-state index contributed by atoms with van der Waals surface area (Å²) in [6, 6.07) is 0. The number of carbonyl (C=O) groups is 1. The van der Waals surface area contributed by atoms with Crippen LogP contribution in [0.25, 0.3) is 10.2 Å². The number of nitrogens with zero attached hydrogens (tertiary/aromatic N) is 3. The predicted molar refractivity (Wildman–Crippen MR) is 68.6 cm³/mol. The fourth-order valence-corrected chi connectivity index (χ4v) is 2.44. The molecular formula is C11H12N4OS. The zero-order valence-corrected chi connectivity index (χ0v) is 10.4. The van der Waals surface area contributed by atoms with E-state index in [1.165, 1.54) is 23.7 Å². The van der Waals surface area contributed by atoms with Crippen molar-refractivity contribution in [2.24, 2.45) is 5.84 Å². The number of aryl methyl sites for hydroxylation is 1. The first kappa shape index (κ1) is 11.7. The van der Waals surface area contributed by atoms with Crippen molar-refractivity contribution in [3.05, 3.63) is 29.4 Å². The molecule has 2 aromatic heterocycles. The highest BCUT2D eigenvalue weighted by molar-refractivity contribution is 7.18. The molecule has 0 saturated heterocycles. The van der Waals surface area contributed by atoms with Crippen LogP contribution in [0.15, 0.2) is 23.9 Å². The van der Waals surface area contributed by atoms with Crippen LogP contribution in [-0.2, 0) is 4.79 Å². The number of rotatable bonds is 2. The van der Waals surface area contributed by atoms with Gasteiger partial charge in [0.2, 0.25) is 0 Å². The molecule has 2 heterocycles. The molecule has 0 saturated carbocycles. The van der Waals surface area contributed by atoms with Gasteiger partial charge in [-0.1, -0.05) is 6.08 Å². The second-order valence-electron chi connectivity index (χ2n) is 3.50. The maximum absolute atomic E-state index is 11.7. The summed E-state index contributed by atoms with van der Waals surface area (Å²) in [6.45, 7) is 3.72. The fourth-order valence-electron chi connectivity index (χ4n) is 1.46. The van der Waals surface area contributed by atoms with Crippen LogP contribution in [0.2, 0.25) is 0 Å². The number of fused-ring (bicyclic) bond motifs is 1. The number of hydrogen-bond acceptors (Lipinski definition) is 5. The molecule has 0 spiro atoms. The molecule has 0 unspecified atom stereocenters. The highest BCUT2D eigenvalue weighted by Gasteiger charge is 2.16. The van der Waals surface area contributed by atoms with E-state index in [0.717, 1.165) is 20.8 Å². The molecule has 2 rings (SSSR count). The van der Waals surface area contributed by atoms with Crippen molar-refractivity contribution in [3.63, 3.8) is 0 Å². The van der Waals surface area contributed by atoms with Gasteiger partial charge in [0.25, 0.3) is 5.91 Å². The molecule has 0 aliphatic heterocycles. The minimum Gasteiger partial charge on any atom is -0.268 e. The monoisotopic (exact) mass is 248 g/mol. The summed E-state index contributed by atoms with van der Waals surface area (Å²) < 4.78 is 0.824. The second kappa shape index (κ2) is 4.60. The Morgan fingerprint density at radius 1 is 1.53 bits per heavy atom. The number of thiophene rings is 1. The van der Waals surface area contributed by atoms with Gasteiger partial charge in [0.1, 0.15) is 6.33 Å². The molecule has 2 N–H and O–H groups in total. The van der Waals surface area contributed by atoms with Gasteiger partial charge in [0.05, 0.1) is 10.2 Å². The van der Waals surface area contributed by atoms with Crippen LogP contribution in [0.4, 0.5) is 5.82 Å². The van der Waals surface area contributed by atoms with Crippen molar-refractivity contribution in [2.45, 2.75) is 13.8 Å². The minimum absolute atomic E-state index is 0.307. The molecule has 5 nitrogen and oxygen atoms in total. The predicted octanol–water partition coefficient (Wildman–Crippen LogP) is 1.78. The van der Waals surface area contributed by atoms with Crippen LogP contribution >= 0.6 is 11.3 Å². The number of amides is 1. The van der Waals surface area contributed by atoms with E-state index in [1.54, 1.807) is 13.0 Å². The third-order valence-corrected chi connectivity index (χ3v) is 3.37. The lowest BCUT2D eigenvalue weighted by atomic mass is 10.3. The number of nitrogens with two attached hydrogens (primary N) is 1. The summed E-state index contributed by atoms with van der Waals surface area (Å²) in [7, 11) is 0. The van der Waals surface area contributed by atoms with Gasteiger partial charge < -0.3 is 0 Å². The number of carbonyl (C=O) groups excluding carboxylic acids is 1. The van der Waals surface area contributed by atoms with Gasteiger partial charge in [-0.3, -0.25) is 4.79 Å². The van der Waals surface area contributed by atoms with E-state index < -0.39 is 0 Å². The molecule has 2 aromatic rings. The maximum Gasteiger partial charge on any atom is 0.266 e. The van der Waals surface area contributed by atoms with Crippen molar-refractivity contribution in [3.8, 4) is 0 Å². The molecule has 17 heavy (non-hydrogen) atoms. The van der Waals surface area contributed by atoms with Crippen LogP contribution in [0.5, 0.6) is 0 Å². The van der Waals surface area contributed by atoms with Crippen molar-refractivity contribution < 1.29 is 4.79 Å². The molecule has 88 valence electrons. The Labute approximate surface area is 103 Å². The highest BCUT2D eigenvalue weighted by Crippen LogP contribution is 2.29. The van der Waals surface area contributed by atoms with E-state index in [-0.39, 0.29) is 5.91 Å². The standard InChI is InChI=1S/C11H12N4OS/c1-3-4-8(16)15(12)11-10-9(13-6-14-11)7(2)5-17-10/h3-6H,12H2,1-2H3/b4-3+. The molecule has 0 bridgehead atoms. The highest BCUT2D eigenvalue weighted by atomic mass is 32.1.